The lowest BCUT2D eigenvalue weighted by Gasteiger charge is -2.30. The van der Waals surface area contributed by atoms with Crippen LogP contribution in [-0.4, -0.2) is 11.7 Å². The first-order valence-electron chi connectivity index (χ1n) is 5.90. The monoisotopic (exact) mass is 301 g/mol. The normalized spacial score (nSPS) is 18.6. The van der Waals surface area contributed by atoms with Gasteiger partial charge in [-0.15, -0.1) is 0 Å². The van der Waals surface area contributed by atoms with E-state index in [0.717, 1.165) is 25.7 Å². The molecule has 0 aromatic heterocycles. The number of rotatable bonds is 2. The average Bonchev–Trinajstić information content (AvgIpc) is 2.77. The summed E-state index contributed by atoms with van der Waals surface area (Å²) in [6.07, 6.45) is 4.02. The van der Waals surface area contributed by atoms with Gasteiger partial charge in [-0.05, 0) is 47.3 Å². The van der Waals surface area contributed by atoms with Crippen LogP contribution < -0.4 is 5.73 Å². The summed E-state index contributed by atoms with van der Waals surface area (Å²) in [5.74, 6) is -0.138. The topological polar surface area (TPSA) is 46.2 Å². The summed E-state index contributed by atoms with van der Waals surface area (Å²) < 4.78 is 14.2. The molecule has 0 radical (unpaired) electrons. The van der Waals surface area contributed by atoms with Crippen LogP contribution in [0.25, 0.3) is 0 Å². The van der Waals surface area contributed by atoms with Crippen LogP contribution in [0.5, 0.6) is 5.75 Å². The van der Waals surface area contributed by atoms with E-state index >= 15 is 0 Å². The summed E-state index contributed by atoms with van der Waals surface area (Å²) in [4.78, 5) is 0. The number of hydrogen-bond acceptors (Lipinski definition) is 2. The Hall–Kier alpha value is -0.610. The highest BCUT2D eigenvalue weighted by Crippen LogP contribution is 2.47. The van der Waals surface area contributed by atoms with Crippen molar-refractivity contribution >= 4 is 15.9 Å². The summed E-state index contributed by atoms with van der Waals surface area (Å²) in [6, 6.07) is 1.31. The first-order valence-corrected chi connectivity index (χ1v) is 6.69. The molecule has 3 N–H and O–H groups in total. The fraction of sp³-hybridized carbons (Fsp3) is 0.538. The molecule has 0 bridgehead atoms. The zero-order chi connectivity index (χ0) is 12.6. The van der Waals surface area contributed by atoms with Gasteiger partial charge in [-0.1, -0.05) is 12.8 Å². The Morgan fingerprint density at radius 2 is 2.06 bits per heavy atom. The van der Waals surface area contributed by atoms with Gasteiger partial charge >= 0.3 is 0 Å². The first kappa shape index (κ1) is 12.8. The third kappa shape index (κ3) is 1.97. The molecule has 1 fully saturated rings. The average molecular weight is 302 g/mol. The summed E-state index contributed by atoms with van der Waals surface area (Å²) in [5.41, 5.74) is 6.86. The second-order valence-corrected chi connectivity index (χ2v) is 5.73. The Kier molecular flexibility index (Phi) is 3.46. The second kappa shape index (κ2) is 4.58. The minimum absolute atomic E-state index is 0.149. The van der Waals surface area contributed by atoms with E-state index in [1.54, 1.807) is 6.92 Å². The molecular weight excluding hydrogens is 285 g/mol. The van der Waals surface area contributed by atoms with Crippen LogP contribution in [0.4, 0.5) is 4.39 Å². The second-order valence-electron chi connectivity index (χ2n) is 4.88. The van der Waals surface area contributed by atoms with Gasteiger partial charge in [0.2, 0.25) is 0 Å². The molecule has 0 saturated heterocycles. The number of phenolic OH excluding ortho intramolecular Hbond substituents is 1. The van der Waals surface area contributed by atoms with Gasteiger partial charge in [0.05, 0.1) is 4.47 Å². The van der Waals surface area contributed by atoms with Gasteiger partial charge in [-0.25, -0.2) is 4.39 Å². The third-order valence-electron chi connectivity index (χ3n) is 3.93. The molecule has 0 heterocycles. The van der Waals surface area contributed by atoms with Gasteiger partial charge in [0.25, 0.3) is 0 Å². The molecule has 94 valence electrons. The van der Waals surface area contributed by atoms with Gasteiger partial charge in [0, 0.05) is 17.5 Å². The van der Waals surface area contributed by atoms with E-state index in [1.165, 1.54) is 6.07 Å². The van der Waals surface area contributed by atoms with Crippen molar-refractivity contribution in [3.05, 3.63) is 27.5 Å². The highest BCUT2D eigenvalue weighted by atomic mass is 79.9. The molecule has 1 aliphatic rings. The molecule has 1 saturated carbocycles. The van der Waals surface area contributed by atoms with E-state index in [0.29, 0.717) is 22.1 Å². The number of halogens is 2. The molecule has 0 unspecified atom stereocenters. The fourth-order valence-corrected chi connectivity index (χ4v) is 3.36. The molecule has 1 aromatic rings. The van der Waals surface area contributed by atoms with Crippen molar-refractivity contribution in [2.24, 2.45) is 5.73 Å². The fourth-order valence-electron chi connectivity index (χ4n) is 2.96. The van der Waals surface area contributed by atoms with Crippen molar-refractivity contribution in [3.8, 4) is 5.75 Å². The van der Waals surface area contributed by atoms with Crippen LogP contribution in [-0.2, 0) is 5.41 Å². The van der Waals surface area contributed by atoms with E-state index in [9.17, 15) is 9.50 Å². The van der Waals surface area contributed by atoms with Crippen LogP contribution in [0.2, 0.25) is 0 Å². The van der Waals surface area contributed by atoms with Crippen LogP contribution in [0, 0.1) is 12.7 Å². The maximum atomic E-state index is 13.8. The standard InChI is InChI=1S/C13H17BrFNO/c1-8-10(15)6-9(14)12(17)11(8)13(7-16)4-2-3-5-13/h6,17H,2-5,7,16H2,1H3. The Morgan fingerprint density at radius 1 is 1.47 bits per heavy atom. The van der Waals surface area contributed by atoms with Gasteiger partial charge in [-0.3, -0.25) is 0 Å². The SMILES string of the molecule is Cc1c(F)cc(Br)c(O)c1C1(CN)CCCC1. The molecule has 0 aliphatic heterocycles. The number of hydrogen-bond donors (Lipinski definition) is 2. The first-order chi connectivity index (χ1) is 8.02. The van der Waals surface area contributed by atoms with Crippen molar-refractivity contribution in [3.63, 3.8) is 0 Å². The molecule has 0 atom stereocenters. The number of aromatic hydroxyl groups is 1. The van der Waals surface area contributed by atoms with Crippen molar-refractivity contribution in [1.82, 2.24) is 0 Å². The van der Waals surface area contributed by atoms with E-state index in [1.807, 2.05) is 0 Å². The Morgan fingerprint density at radius 3 is 2.59 bits per heavy atom. The van der Waals surface area contributed by atoms with Crippen LogP contribution in [0.3, 0.4) is 0 Å². The maximum absolute atomic E-state index is 13.8. The lowest BCUT2D eigenvalue weighted by atomic mass is 9.76. The number of benzene rings is 1. The zero-order valence-electron chi connectivity index (χ0n) is 9.89. The summed E-state index contributed by atoms with van der Waals surface area (Å²) in [6.45, 7) is 2.17. The van der Waals surface area contributed by atoms with Crippen molar-refractivity contribution in [2.75, 3.05) is 6.54 Å². The summed E-state index contributed by atoms with van der Waals surface area (Å²) in [7, 11) is 0. The molecule has 17 heavy (non-hydrogen) atoms. The predicted molar refractivity (Wildman–Crippen MR) is 69.7 cm³/mol. The van der Waals surface area contributed by atoms with Crippen molar-refractivity contribution in [2.45, 2.75) is 38.0 Å². The quantitative estimate of drug-likeness (QED) is 0.880. The smallest absolute Gasteiger partial charge is 0.134 e. The van der Waals surface area contributed by atoms with Gasteiger partial charge in [-0.2, -0.15) is 0 Å². The maximum Gasteiger partial charge on any atom is 0.134 e. The van der Waals surface area contributed by atoms with Crippen LogP contribution in [0.1, 0.15) is 36.8 Å². The van der Waals surface area contributed by atoms with Crippen molar-refractivity contribution in [1.29, 1.82) is 0 Å². The number of nitrogens with two attached hydrogens (primary N) is 1. The zero-order valence-corrected chi connectivity index (χ0v) is 11.5. The molecule has 2 nitrogen and oxygen atoms in total. The Bertz CT molecular complexity index is 415. The molecular formula is C13H17BrFNO. The summed E-state index contributed by atoms with van der Waals surface area (Å²) in [5, 5.41) is 10.2. The van der Waals surface area contributed by atoms with Crippen LogP contribution >= 0.6 is 15.9 Å². The molecule has 0 spiro atoms. The molecule has 2 rings (SSSR count). The molecule has 0 amide bonds. The van der Waals surface area contributed by atoms with Gasteiger partial charge in [0.15, 0.2) is 0 Å². The number of phenols is 1. The van der Waals surface area contributed by atoms with E-state index in [2.05, 4.69) is 15.9 Å². The molecule has 1 aliphatic carbocycles. The Labute approximate surface area is 109 Å². The minimum atomic E-state index is -0.288. The minimum Gasteiger partial charge on any atom is -0.506 e. The summed E-state index contributed by atoms with van der Waals surface area (Å²) >= 11 is 3.20. The van der Waals surface area contributed by atoms with Gasteiger partial charge in [0.1, 0.15) is 11.6 Å². The van der Waals surface area contributed by atoms with Gasteiger partial charge < -0.3 is 10.8 Å². The van der Waals surface area contributed by atoms with Crippen LogP contribution in [0.15, 0.2) is 10.5 Å². The largest absolute Gasteiger partial charge is 0.506 e. The highest BCUT2D eigenvalue weighted by molar-refractivity contribution is 9.10. The predicted octanol–water partition coefficient (Wildman–Crippen LogP) is 3.37. The highest BCUT2D eigenvalue weighted by Gasteiger charge is 2.38. The lowest BCUT2D eigenvalue weighted by molar-refractivity contribution is 0.397. The van der Waals surface area contributed by atoms with Crippen molar-refractivity contribution < 1.29 is 9.50 Å². The van der Waals surface area contributed by atoms with E-state index < -0.39 is 0 Å². The lowest BCUT2D eigenvalue weighted by Crippen LogP contribution is -2.33. The third-order valence-corrected chi connectivity index (χ3v) is 4.54. The van der Waals surface area contributed by atoms with E-state index in [-0.39, 0.29) is 17.0 Å². The Balaban J connectivity index is 2.65. The molecule has 4 heteroatoms. The molecule has 1 aromatic carbocycles. The van der Waals surface area contributed by atoms with E-state index in [4.69, 9.17) is 5.73 Å².